The Labute approximate surface area is 477 Å². The molecule has 2 saturated heterocycles. The zero-order valence-electron chi connectivity index (χ0n) is 48.8. The third-order valence-corrected chi connectivity index (χ3v) is 14.1. The van der Waals surface area contributed by atoms with E-state index < -0.39 is 86.7 Å². The number of aliphatic hydroxyl groups is 7. The van der Waals surface area contributed by atoms with Crippen molar-refractivity contribution in [3.8, 4) is 0 Å². The van der Waals surface area contributed by atoms with Crippen LogP contribution in [0.15, 0.2) is 97.2 Å². The summed E-state index contributed by atoms with van der Waals surface area (Å²) in [5, 5.41) is 72.4. The second-order valence-electron chi connectivity index (χ2n) is 21.1. The summed E-state index contributed by atoms with van der Waals surface area (Å²) < 4.78 is 34.3. The van der Waals surface area contributed by atoms with Crippen LogP contribution in [0.5, 0.6) is 0 Å². The van der Waals surface area contributed by atoms with Crippen molar-refractivity contribution in [1.29, 1.82) is 0 Å². The number of rotatable bonds is 49. The average molecular weight is 1120 g/mol. The predicted octanol–water partition coefficient (Wildman–Crippen LogP) is 11.7. The van der Waals surface area contributed by atoms with Crippen LogP contribution in [-0.2, 0) is 33.2 Å². The quantitative estimate of drug-likeness (QED) is 0.0172. The van der Waals surface area contributed by atoms with Crippen LogP contribution in [0.1, 0.15) is 206 Å². The zero-order chi connectivity index (χ0) is 57.2. The molecule has 0 aromatic heterocycles. The first-order valence-corrected chi connectivity index (χ1v) is 30.8. The topological polar surface area (TPSA) is 214 Å². The van der Waals surface area contributed by atoms with E-state index in [9.17, 15) is 40.5 Å². The number of carbonyl (C=O) groups is 1. The highest BCUT2D eigenvalue weighted by Crippen LogP contribution is 2.26. The minimum atomic E-state index is -1.73. The SMILES string of the molecule is CC/C=C\C/C=C\C/C=C\C/C=C\C/C=C\C/C=C\CCC(=O)OC(COCCCCCCCCCCCCCCCC/C=C\C/C=C\CCCCCCC)COC1OC(COC2OC(CO)C(O)C(O)C2O)C(O)C(O)C1O. The summed E-state index contributed by atoms with van der Waals surface area (Å²) in [6.45, 7) is 3.47. The van der Waals surface area contributed by atoms with Crippen LogP contribution < -0.4 is 0 Å². The first-order valence-electron chi connectivity index (χ1n) is 30.8. The van der Waals surface area contributed by atoms with Crippen LogP contribution in [0.3, 0.4) is 0 Å². The van der Waals surface area contributed by atoms with Gasteiger partial charge in [-0.2, -0.15) is 0 Å². The number of aliphatic hydroxyl groups excluding tert-OH is 7. The molecule has 11 atom stereocenters. The molecule has 2 aliphatic rings. The van der Waals surface area contributed by atoms with Crippen molar-refractivity contribution in [3.63, 3.8) is 0 Å². The number of allylic oxidation sites excluding steroid dienone is 16. The number of hydrogen-bond acceptors (Lipinski definition) is 14. The molecular formula is C65H110O14. The van der Waals surface area contributed by atoms with Gasteiger partial charge in [-0.05, 0) is 83.5 Å². The lowest BCUT2D eigenvalue weighted by Crippen LogP contribution is -2.61. The Balaban J connectivity index is 1.71. The molecule has 2 aliphatic heterocycles. The summed E-state index contributed by atoms with van der Waals surface area (Å²) in [7, 11) is 0. The van der Waals surface area contributed by atoms with Crippen LogP contribution in [0.25, 0.3) is 0 Å². The molecule has 0 aliphatic carbocycles. The maximum atomic E-state index is 13.1. The second kappa shape index (κ2) is 50.6. The van der Waals surface area contributed by atoms with Crippen LogP contribution in [0.2, 0.25) is 0 Å². The lowest BCUT2D eigenvalue weighted by atomic mass is 9.98. The third kappa shape index (κ3) is 36.9. The molecule has 0 amide bonds. The molecule has 14 heteroatoms. The largest absolute Gasteiger partial charge is 0.457 e. The van der Waals surface area contributed by atoms with Crippen molar-refractivity contribution in [2.75, 3.05) is 33.0 Å². The van der Waals surface area contributed by atoms with E-state index in [1.165, 1.54) is 116 Å². The number of hydrogen-bond donors (Lipinski definition) is 7. The first-order chi connectivity index (χ1) is 38.6. The Morgan fingerprint density at radius 2 is 0.823 bits per heavy atom. The Morgan fingerprint density at radius 1 is 0.430 bits per heavy atom. The summed E-state index contributed by atoms with van der Waals surface area (Å²) in [4.78, 5) is 13.1. The summed E-state index contributed by atoms with van der Waals surface area (Å²) in [6.07, 6.45) is 52.0. The molecule has 11 unspecified atom stereocenters. The maximum absolute atomic E-state index is 13.1. The third-order valence-electron chi connectivity index (χ3n) is 14.1. The maximum Gasteiger partial charge on any atom is 0.306 e. The molecule has 7 N–H and O–H groups in total. The summed E-state index contributed by atoms with van der Waals surface area (Å²) >= 11 is 0. The number of ether oxygens (including phenoxy) is 6. The minimum Gasteiger partial charge on any atom is -0.457 e. The predicted molar refractivity (Wildman–Crippen MR) is 316 cm³/mol. The van der Waals surface area contributed by atoms with Crippen molar-refractivity contribution >= 4 is 5.97 Å². The standard InChI is InChI=1S/C65H110O14/c1-3-5-7-9-11-13-15-17-19-21-23-24-25-26-27-28-29-31-33-35-37-39-41-43-45-47-49-74-51-54(77-57(67)48-46-44-42-40-38-36-34-32-30-22-20-18-16-14-12-10-8-6-4-2)52-75-64-63(73)61(71)59(69)56(79-64)53-76-65-62(72)60(70)58(68)55(50-66)78-65/h6,8,12,14-15,17-18,20-21,23,30,32,36,38,42,44,54-56,58-66,68-73H,3-5,7,9-11,13,16,19,22,24-29,31,33-35,37,39-41,43,45-53H2,1-2H3/b8-6-,14-12-,17-15-,20-18-,23-21-,32-30-,38-36-,44-42-. The van der Waals surface area contributed by atoms with E-state index >= 15 is 0 Å². The zero-order valence-corrected chi connectivity index (χ0v) is 48.8. The minimum absolute atomic E-state index is 0.0259. The molecule has 0 spiro atoms. The lowest BCUT2D eigenvalue weighted by molar-refractivity contribution is -0.332. The average Bonchev–Trinajstić information content (AvgIpc) is 3.46. The van der Waals surface area contributed by atoms with E-state index in [4.69, 9.17) is 28.4 Å². The fourth-order valence-electron chi connectivity index (χ4n) is 9.17. The van der Waals surface area contributed by atoms with Crippen molar-refractivity contribution in [2.24, 2.45) is 0 Å². The molecule has 2 rings (SSSR count). The molecule has 0 saturated carbocycles. The molecule has 2 heterocycles. The molecule has 0 aromatic carbocycles. The molecule has 0 bridgehead atoms. The van der Waals surface area contributed by atoms with E-state index in [2.05, 4.69) is 98.9 Å². The van der Waals surface area contributed by atoms with Gasteiger partial charge in [0.05, 0.1) is 26.4 Å². The van der Waals surface area contributed by atoms with Gasteiger partial charge in [0, 0.05) is 13.0 Å². The van der Waals surface area contributed by atoms with Crippen molar-refractivity contribution in [1.82, 2.24) is 0 Å². The Morgan fingerprint density at radius 3 is 1.29 bits per heavy atom. The van der Waals surface area contributed by atoms with Crippen molar-refractivity contribution in [2.45, 2.75) is 274 Å². The van der Waals surface area contributed by atoms with E-state index in [1.807, 2.05) is 12.2 Å². The van der Waals surface area contributed by atoms with Gasteiger partial charge in [0.2, 0.25) is 0 Å². The van der Waals surface area contributed by atoms with Gasteiger partial charge in [-0.15, -0.1) is 0 Å². The van der Waals surface area contributed by atoms with Crippen LogP contribution >= 0.6 is 0 Å². The Bertz CT molecular complexity index is 1670. The van der Waals surface area contributed by atoms with Gasteiger partial charge in [-0.25, -0.2) is 0 Å². The molecule has 79 heavy (non-hydrogen) atoms. The van der Waals surface area contributed by atoms with Crippen LogP contribution in [0.4, 0.5) is 0 Å². The fraction of sp³-hybridized carbons (Fsp3) is 0.738. The Kier molecular flexibility index (Phi) is 46.1. The van der Waals surface area contributed by atoms with Gasteiger partial charge < -0.3 is 64.2 Å². The summed E-state index contributed by atoms with van der Waals surface area (Å²) in [5.74, 6) is -0.459. The summed E-state index contributed by atoms with van der Waals surface area (Å²) in [6, 6.07) is 0. The molecule has 0 aromatic rings. The molecule has 0 radical (unpaired) electrons. The highest BCUT2D eigenvalue weighted by atomic mass is 16.7. The molecule has 454 valence electrons. The summed E-state index contributed by atoms with van der Waals surface area (Å²) in [5.41, 5.74) is 0. The molecule has 2 fully saturated rings. The van der Waals surface area contributed by atoms with E-state index in [0.717, 1.165) is 64.2 Å². The highest BCUT2D eigenvalue weighted by molar-refractivity contribution is 5.69. The van der Waals surface area contributed by atoms with E-state index in [-0.39, 0.29) is 19.6 Å². The van der Waals surface area contributed by atoms with E-state index in [1.54, 1.807) is 0 Å². The van der Waals surface area contributed by atoms with Crippen LogP contribution in [-0.4, -0.2) is 142 Å². The monoisotopic (exact) mass is 1110 g/mol. The second-order valence-corrected chi connectivity index (χ2v) is 21.1. The van der Waals surface area contributed by atoms with Gasteiger partial charge in [-0.3, -0.25) is 4.79 Å². The highest BCUT2D eigenvalue weighted by Gasteiger charge is 2.47. The van der Waals surface area contributed by atoms with Crippen molar-refractivity contribution in [3.05, 3.63) is 97.2 Å². The number of unbranched alkanes of at least 4 members (excludes halogenated alkanes) is 19. The van der Waals surface area contributed by atoms with Gasteiger partial charge in [0.15, 0.2) is 12.6 Å². The van der Waals surface area contributed by atoms with Gasteiger partial charge in [-0.1, -0.05) is 214 Å². The molecular weight excluding hydrogens is 1000 g/mol. The fourth-order valence-corrected chi connectivity index (χ4v) is 9.17. The Hall–Kier alpha value is -3.09. The first kappa shape index (κ1) is 72.0. The number of esters is 1. The van der Waals surface area contributed by atoms with Gasteiger partial charge >= 0.3 is 5.97 Å². The smallest absolute Gasteiger partial charge is 0.306 e. The van der Waals surface area contributed by atoms with Crippen LogP contribution in [0, 0.1) is 0 Å². The number of carbonyl (C=O) groups excluding carboxylic acids is 1. The van der Waals surface area contributed by atoms with Crippen molar-refractivity contribution < 1.29 is 69.0 Å². The normalized spacial score (nSPS) is 24.7. The molecule has 14 nitrogen and oxygen atoms in total. The van der Waals surface area contributed by atoms with Gasteiger partial charge in [0.25, 0.3) is 0 Å². The van der Waals surface area contributed by atoms with Gasteiger partial charge in [0.1, 0.15) is 54.9 Å². The van der Waals surface area contributed by atoms with E-state index in [0.29, 0.717) is 13.0 Å². The lowest BCUT2D eigenvalue weighted by Gasteiger charge is -2.42.